The van der Waals surface area contributed by atoms with Gasteiger partial charge in [-0.05, 0) is 38.2 Å². The topological polar surface area (TPSA) is 58.9 Å². The highest BCUT2D eigenvalue weighted by Gasteiger charge is 2.14. The molecule has 0 fully saturated rings. The minimum Gasteiger partial charge on any atom is -0.351 e. The highest BCUT2D eigenvalue weighted by atomic mass is 19.1. The Kier molecular flexibility index (Phi) is 4.47. The normalized spacial score (nSPS) is 10.6. The minimum atomic E-state index is -0.302. The number of hydrogen-bond donors (Lipinski definition) is 2. The van der Waals surface area contributed by atoms with Crippen LogP contribution in [0, 0.1) is 12.7 Å². The van der Waals surface area contributed by atoms with Crippen molar-refractivity contribution in [2.45, 2.75) is 6.92 Å². The number of hydrogen-bond acceptors (Lipinski definition) is 3. The first kappa shape index (κ1) is 14.2. The van der Waals surface area contributed by atoms with Gasteiger partial charge in [0.1, 0.15) is 5.82 Å². The van der Waals surface area contributed by atoms with Crippen molar-refractivity contribution in [3.8, 4) is 5.69 Å². The number of amides is 1. The number of rotatable bonds is 5. The molecule has 1 aromatic heterocycles. The van der Waals surface area contributed by atoms with E-state index in [-0.39, 0.29) is 11.7 Å². The summed E-state index contributed by atoms with van der Waals surface area (Å²) in [6.45, 7) is 3.07. The summed E-state index contributed by atoms with van der Waals surface area (Å²) in [4.78, 5) is 12.0. The molecule has 20 heavy (non-hydrogen) atoms. The van der Waals surface area contributed by atoms with Gasteiger partial charge in [0.05, 0.1) is 23.1 Å². The van der Waals surface area contributed by atoms with E-state index in [2.05, 4.69) is 15.7 Å². The monoisotopic (exact) mass is 276 g/mol. The molecule has 0 aliphatic rings. The summed E-state index contributed by atoms with van der Waals surface area (Å²) in [5.41, 5.74) is 1.96. The van der Waals surface area contributed by atoms with E-state index >= 15 is 0 Å². The van der Waals surface area contributed by atoms with Crippen molar-refractivity contribution >= 4 is 5.91 Å². The van der Waals surface area contributed by atoms with E-state index in [0.29, 0.717) is 18.7 Å². The third-order valence-electron chi connectivity index (χ3n) is 2.99. The van der Waals surface area contributed by atoms with Crippen LogP contribution in [0.3, 0.4) is 0 Å². The molecule has 0 bridgehead atoms. The van der Waals surface area contributed by atoms with E-state index in [0.717, 1.165) is 11.4 Å². The number of likely N-dealkylation sites (N-methyl/N-ethyl adjacent to an activating group) is 1. The van der Waals surface area contributed by atoms with Crippen molar-refractivity contribution in [3.05, 3.63) is 47.5 Å². The Morgan fingerprint density at radius 3 is 2.65 bits per heavy atom. The summed E-state index contributed by atoms with van der Waals surface area (Å²) in [7, 11) is 1.82. The van der Waals surface area contributed by atoms with Crippen LogP contribution in [-0.2, 0) is 0 Å². The van der Waals surface area contributed by atoms with E-state index in [9.17, 15) is 9.18 Å². The third-order valence-corrected chi connectivity index (χ3v) is 2.99. The van der Waals surface area contributed by atoms with Crippen LogP contribution in [0.25, 0.3) is 5.69 Å². The van der Waals surface area contributed by atoms with Crippen LogP contribution in [0.2, 0.25) is 0 Å². The number of aromatic nitrogens is 2. The Morgan fingerprint density at radius 1 is 1.30 bits per heavy atom. The number of carbonyl (C=O) groups excluding carboxylic acids is 1. The van der Waals surface area contributed by atoms with Crippen LogP contribution in [-0.4, -0.2) is 35.8 Å². The molecular formula is C14H17FN4O. The highest BCUT2D eigenvalue weighted by Crippen LogP contribution is 2.14. The number of halogens is 1. The molecule has 0 saturated carbocycles. The molecule has 0 saturated heterocycles. The van der Waals surface area contributed by atoms with Gasteiger partial charge in [-0.15, -0.1) is 0 Å². The van der Waals surface area contributed by atoms with E-state index in [1.54, 1.807) is 16.8 Å². The lowest BCUT2D eigenvalue weighted by molar-refractivity contribution is 0.0953. The largest absolute Gasteiger partial charge is 0.351 e. The zero-order valence-corrected chi connectivity index (χ0v) is 11.5. The van der Waals surface area contributed by atoms with Gasteiger partial charge in [-0.3, -0.25) is 4.79 Å². The van der Waals surface area contributed by atoms with Gasteiger partial charge in [0.15, 0.2) is 0 Å². The molecule has 1 heterocycles. The summed E-state index contributed by atoms with van der Waals surface area (Å²) >= 11 is 0. The standard InChI is InChI=1S/C14H17FN4O/c1-10-13(14(20)17-8-7-16-2)9-18-19(10)12-5-3-11(15)4-6-12/h3-6,9,16H,7-8H2,1-2H3,(H,17,20). The van der Waals surface area contributed by atoms with Gasteiger partial charge in [-0.25, -0.2) is 9.07 Å². The first-order valence-electron chi connectivity index (χ1n) is 6.37. The van der Waals surface area contributed by atoms with Crippen LogP contribution < -0.4 is 10.6 Å². The van der Waals surface area contributed by atoms with Crippen LogP contribution >= 0.6 is 0 Å². The molecule has 0 spiro atoms. The molecule has 0 aliphatic heterocycles. The zero-order chi connectivity index (χ0) is 14.5. The molecule has 1 amide bonds. The Morgan fingerprint density at radius 2 is 2.00 bits per heavy atom. The van der Waals surface area contributed by atoms with Crippen molar-refractivity contribution in [2.75, 3.05) is 20.1 Å². The number of benzene rings is 1. The molecule has 0 atom stereocenters. The van der Waals surface area contributed by atoms with Crippen LogP contribution in [0.4, 0.5) is 4.39 Å². The molecule has 0 aliphatic carbocycles. The first-order valence-corrected chi connectivity index (χ1v) is 6.37. The highest BCUT2D eigenvalue weighted by molar-refractivity contribution is 5.95. The molecule has 0 radical (unpaired) electrons. The average molecular weight is 276 g/mol. The van der Waals surface area contributed by atoms with E-state index in [1.807, 2.05) is 14.0 Å². The van der Waals surface area contributed by atoms with Gasteiger partial charge in [-0.1, -0.05) is 0 Å². The SMILES string of the molecule is CNCCNC(=O)c1cnn(-c2ccc(F)cc2)c1C. The second-order valence-corrected chi connectivity index (χ2v) is 4.39. The molecule has 1 aromatic carbocycles. The van der Waals surface area contributed by atoms with Crippen LogP contribution in [0.5, 0.6) is 0 Å². The fourth-order valence-electron chi connectivity index (χ4n) is 1.87. The summed E-state index contributed by atoms with van der Waals surface area (Å²) in [5.74, 6) is -0.463. The van der Waals surface area contributed by atoms with Gasteiger partial charge in [0.25, 0.3) is 5.91 Å². The lowest BCUT2D eigenvalue weighted by Crippen LogP contribution is -2.30. The van der Waals surface area contributed by atoms with E-state index < -0.39 is 0 Å². The Hall–Kier alpha value is -2.21. The van der Waals surface area contributed by atoms with Gasteiger partial charge in [0.2, 0.25) is 0 Å². The molecule has 5 nitrogen and oxygen atoms in total. The third kappa shape index (κ3) is 3.03. The van der Waals surface area contributed by atoms with E-state index in [1.165, 1.54) is 18.3 Å². The molecule has 2 rings (SSSR count). The predicted molar refractivity (Wildman–Crippen MR) is 74.5 cm³/mol. The lowest BCUT2D eigenvalue weighted by atomic mass is 10.2. The average Bonchev–Trinajstić information content (AvgIpc) is 2.82. The van der Waals surface area contributed by atoms with Crippen molar-refractivity contribution in [2.24, 2.45) is 0 Å². The summed E-state index contributed by atoms with van der Waals surface area (Å²) in [5, 5.41) is 9.94. The second kappa shape index (κ2) is 6.29. The van der Waals surface area contributed by atoms with E-state index in [4.69, 9.17) is 0 Å². The molecule has 0 unspecified atom stereocenters. The van der Waals surface area contributed by atoms with Gasteiger partial charge < -0.3 is 10.6 Å². The number of nitrogens with zero attached hydrogens (tertiary/aromatic N) is 2. The fraction of sp³-hybridized carbons (Fsp3) is 0.286. The predicted octanol–water partition coefficient (Wildman–Crippen LogP) is 1.27. The zero-order valence-electron chi connectivity index (χ0n) is 11.5. The molecule has 2 N–H and O–H groups in total. The van der Waals surface area contributed by atoms with Crippen molar-refractivity contribution in [1.82, 2.24) is 20.4 Å². The summed E-state index contributed by atoms with van der Waals surface area (Å²) in [6.07, 6.45) is 1.52. The second-order valence-electron chi connectivity index (χ2n) is 4.39. The molecular weight excluding hydrogens is 259 g/mol. The van der Waals surface area contributed by atoms with Crippen LogP contribution in [0.15, 0.2) is 30.5 Å². The Balaban J connectivity index is 2.18. The van der Waals surface area contributed by atoms with Crippen LogP contribution in [0.1, 0.15) is 16.1 Å². The van der Waals surface area contributed by atoms with Gasteiger partial charge >= 0.3 is 0 Å². The first-order chi connectivity index (χ1) is 9.63. The maximum absolute atomic E-state index is 12.9. The molecule has 106 valence electrons. The quantitative estimate of drug-likeness (QED) is 0.809. The smallest absolute Gasteiger partial charge is 0.254 e. The Bertz CT molecular complexity index is 592. The maximum Gasteiger partial charge on any atom is 0.254 e. The van der Waals surface area contributed by atoms with Crippen molar-refractivity contribution < 1.29 is 9.18 Å². The van der Waals surface area contributed by atoms with Gasteiger partial charge in [0, 0.05) is 13.1 Å². The maximum atomic E-state index is 12.9. The summed E-state index contributed by atoms with van der Waals surface area (Å²) in [6, 6.07) is 5.97. The molecule has 6 heteroatoms. The van der Waals surface area contributed by atoms with Crippen molar-refractivity contribution in [3.63, 3.8) is 0 Å². The van der Waals surface area contributed by atoms with Crippen molar-refractivity contribution in [1.29, 1.82) is 0 Å². The van der Waals surface area contributed by atoms with Gasteiger partial charge in [-0.2, -0.15) is 5.10 Å². The summed E-state index contributed by atoms with van der Waals surface area (Å²) < 4.78 is 14.5. The molecule has 2 aromatic rings. The number of carbonyl (C=O) groups is 1. The Labute approximate surface area is 116 Å². The number of nitrogens with one attached hydrogen (secondary N) is 2. The lowest BCUT2D eigenvalue weighted by Gasteiger charge is -2.06. The fourth-order valence-corrected chi connectivity index (χ4v) is 1.87. The minimum absolute atomic E-state index is 0.161.